The molecule has 0 aromatic rings. The van der Waals surface area contributed by atoms with Crippen LogP contribution in [0.25, 0.3) is 0 Å². The SMILES string of the molecule is CC12CC(CNC13CC3)C2. The highest BCUT2D eigenvalue weighted by molar-refractivity contribution is 5.20. The van der Waals surface area contributed by atoms with Gasteiger partial charge in [0.1, 0.15) is 0 Å². The predicted octanol–water partition coefficient (Wildman–Crippen LogP) is 1.54. The average Bonchev–Trinajstić information content (AvgIpc) is 2.56. The fourth-order valence-corrected chi connectivity index (χ4v) is 3.21. The first-order valence-electron chi connectivity index (χ1n) is 4.49. The second-order valence-corrected chi connectivity index (χ2v) is 4.80. The van der Waals surface area contributed by atoms with E-state index in [1.165, 1.54) is 32.2 Å². The lowest BCUT2D eigenvalue weighted by Crippen LogP contribution is -2.61. The Morgan fingerprint density at radius 2 is 2.00 bits per heavy atom. The molecule has 56 valence electrons. The van der Waals surface area contributed by atoms with E-state index in [1.807, 2.05) is 0 Å². The standard InChI is InChI=1S/C9H15N/c1-8-4-7(5-8)6-10-9(8)2-3-9/h7,10H,2-6H2,1H3. The molecular weight excluding hydrogens is 122 g/mol. The molecule has 4 rings (SSSR count). The van der Waals surface area contributed by atoms with Gasteiger partial charge in [0.25, 0.3) is 0 Å². The van der Waals surface area contributed by atoms with Gasteiger partial charge in [0.2, 0.25) is 0 Å². The van der Waals surface area contributed by atoms with Crippen molar-refractivity contribution in [3.8, 4) is 0 Å². The molecule has 4 aliphatic rings. The highest BCUT2D eigenvalue weighted by atomic mass is 15.1. The maximum atomic E-state index is 3.71. The fourth-order valence-electron chi connectivity index (χ4n) is 3.21. The maximum Gasteiger partial charge on any atom is 0.0236 e. The van der Waals surface area contributed by atoms with Gasteiger partial charge in [-0.25, -0.2) is 0 Å². The molecule has 4 fully saturated rings. The molecular formula is C9H15N. The Balaban J connectivity index is 1.95. The van der Waals surface area contributed by atoms with Gasteiger partial charge >= 0.3 is 0 Å². The van der Waals surface area contributed by atoms with Gasteiger partial charge < -0.3 is 5.32 Å². The van der Waals surface area contributed by atoms with E-state index in [2.05, 4.69) is 12.2 Å². The first-order valence-corrected chi connectivity index (χ1v) is 4.49. The molecule has 2 bridgehead atoms. The molecule has 2 saturated heterocycles. The van der Waals surface area contributed by atoms with Gasteiger partial charge in [-0.15, -0.1) is 0 Å². The van der Waals surface area contributed by atoms with Crippen LogP contribution in [-0.4, -0.2) is 12.1 Å². The van der Waals surface area contributed by atoms with Crippen molar-refractivity contribution in [2.75, 3.05) is 6.54 Å². The van der Waals surface area contributed by atoms with Crippen LogP contribution in [0, 0.1) is 11.3 Å². The normalized spacial score (nSPS) is 54.3. The number of rotatable bonds is 0. The topological polar surface area (TPSA) is 12.0 Å². The second-order valence-electron chi connectivity index (χ2n) is 4.80. The third kappa shape index (κ3) is 0.430. The largest absolute Gasteiger partial charge is 0.310 e. The number of hydrogen-bond acceptors (Lipinski definition) is 1. The molecule has 2 saturated carbocycles. The van der Waals surface area contributed by atoms with Gasteiger partial charge in [0, 0.05) is 5.54 Å². The van der Waals surface area contributed by atoms with Crippen LogP contribution >= 0.6 is 0 Å². The summed E-state index contributed by atoms with van der Waals surface area (Å²) >= 11 is 0. The van der Waals surface area contributed by atoms with Crippen LogP contribution in [0.5, 0.6) is 0 Å². The fraction of sp³-hybridized carbons (Fsp3) is 1.00. The molecule has 0 unspecified atom stereocenters. The third-order valence-electron chi connectivity index (χ3n) is 4.11. The van der Waals surface area contributed by atoms with Gasteiger partial charge in [-0.1, -0.05) is 6.92 Å². The monoisotopic (exact) mass is 137 g/mol. The number of hydrogen-bond donors (Lipinski definition) is 1. The number of piperidine rings is 2. The molecule has 2 aliphatic carbocycles. The van der Waals surface area contributed by atoms with E-state index in [-0.39, 0.29) is 0 Å². The molecule has 0 aromatic carbocycles. The van der Waals surface area contributed by atoms with Crippen LogP contribution in [0.1, 0.15) is 32.6 Å². The maximum absolute atomic E-state index is 3.71. The van der Waals surface area contributed by atoms with Crippen molar-refractivity contribution in [3.05, 3.63) is 0 Å². The Kier molecular flexibility index (Phi) is 0.722. The highest BCUT2D eigenvalue weighted by Crippen LogP contribution is 2.64. The average molecular weight is 137 g/mol. The Hall–Kier alpha value is -0.0400. The molecule has 1 nitrogen and oxygen atoms in total. The zero-order valence-electron chi connectivity index (χ0n) is 6.61. The Bertz CT molecular complexity index is 172. The molecule has 0 atom stereocenters. The van der Waals surface area contributed by atoms with Gasteiger partial charge in [-0.3, -0.25) is 0 Å². The van der Waals surface area contributed by atoms with E-state index in [0.717, 1.165) is 11.3 Å². The summed E-state index contributed by atoms with van der Waals surface area (Å²) < 4.78 is 0. The first-order chi connectivity index (χ1) is 4.74. The highest BCUT2D eigenvalue weighted by Gasteiger charge is 2.64. The number of nitrogens with one attached hydrogen (secondary N) is 1. The minimum atomic E-state index is 0.641. The van der Waals surface area contributed by atoms with E-state index in [1.54, 1.807) is 0 Å². The van der Waals surface area contributed by atoms with E-state index in [0.29, 0.717) is 5.54 Å². The minimum absolute atomic E-state index is 0.641. The molecule has 0 amide bonds. The van der Waals surface area contributed by atoms with Crippen molar-refractivity contribution in [2.24, 2.45) is 11.3 Å². The van der Waals surface area contributed by atoms with Gasteiger partial charge in [-0.05, 0) is 43.6 Å². The van der Waals surface area contributed by atoms with Crippen LogP contribution in [0.15, 0.2) is 0 Å². The summed E-state index contributed by atoms with van der Waals surface area (Å²) in [7, 11) is 0. The van der Waals surface area contributed by atoms with Gasteiger partial charge in [0.15, 0.2) is 0 Å². The summed E-state index contributed by atoms with van der Waals surface area (Å²) in [5, 5.41) is 3.71. The molecule has 0 radical (unpaired) electrons. The lowest BCUT2D eigenvalue weighted by Gasteiger charge is -2.57. The molecule has 1 N–H and O–H groups in total. The third-order valence-corrected chi connectivity index (χ3v) is 4.11. The van der Waals surface area contributed by atoms with Crippen molar-refractivity contribution >= 4 is 0 Å². The summed E-state index contributed by atoms with van der Waals surface area (Å²) in [4.78, 5) is 0. The Labute approximate surface area is 62.2 Å². The van der Waals surface area contributed by atoms with E-state index < -0.39 is 0 Å². The molecule has 1 spiro atoms. The van der Waals surface area contributed by atoms with Crippen molar-refractivity contribution in [1.29, 1.82) is 0 Å². The van der Waals surface area contributed by atoms with Crippen LogP contribution in [0.2, 0.25) is 0 Å². The van der Waals surface area contributed by atoms with E-state index in [4.69, 9.17) is 0 Å². The Morgan fingerprint density at radius 3 is 2.40 bits per heavy atom. The van der Waals surface area contributed by atoms with Crippen LogP contribution in [-0.2, 0) is 0 Å². The summed E-state index contributed by atoms with van der Waals surface area (Å²) in [6.07, 6.45) is 5.94. The molecule has 1 heteroatoms. The zero-order valence-corrected chi connectivity index (χ0v) is 6.61. The lowest BCUT2D eigenvalue weighted by atomic mass is 9.55. The van der Waals surface area contributed by atoms with Crippen molar-refractivity contribution in [3.63, 3.8) is 0 Å². The molecule has 2 heterocycles. The zero-order chi connectivity index (χ0) is 6.82. The predicted molar refractivity (Wildman–Crippen MR) is 40.8 cm³/mol. The van der Waals surface area contributed by atoms with E-state index in [9.17, 15) is 0 Å². The summed E-state index contributed by atoms with van der Waals surface area (Å²) in [5.41, 5.74) is 1.36. The van der Waals surface area contributed by atoms with Crippen molar-refractivity contribution in [1.82, 2.24) is 5.32 Å². The van der Waals surface area contributed by atoms with Gasteiger partial charge in [0.05, 0.1) is 0 Å². The molecule has 10 heavy (non-hydrogen) atoms. The Morgan fingerprint density at radius 1 is 1.30 bits per heavy atom. The lowest BCUT2D eigenvalue weighted by molar-refractivity contribution is -0.0287. The van der Waals surface area contributed by atoms with Crippen LogP contribution < -0.4 is 5.32 Å². The summed E-state index contributed by atoms with van der Waals surface area (Å²) in [6, 6.07) is 0. The summed E-state index contributed by atoms with van der Waals surface area (Å²) in [6.45, 7) is 3.79. The van der Waals surface area contributed by atoms with Gasteiger partial charge in [-0.2, -0.15) is 0 Å². The van der Waals surface area contributed by atoms with E-state index >= 15 is 0 Å². The molecule has 2 aliphatic heterocycles. The van der Waals surface area contributed by atoms with Crippen LogP contribution in [0.4, 0.5) is 0 Å². The first kappa shape index (κ1) is 5.59. The minimum Gasteiger partial charge on any atom is -0.310 e. The quantitative estimate of drug-likeness (QED) is 0.534. The van der Waals surface area contributed by atoms with Crippen LogP contribution in [0.3, 0.4) is 0 Å². The summed E-state index contributed by atoms with van der Waals surface area (Å²) in [5.74, 6) is 1.04. The van der Waals surface area contributed by atoms with Crippen molar-refractivity contribution in [2.45, 2.75) is 38.1 Å². The number of fused-ring (bicyclic) bond motifs is 1. The second kappa shape index (κ2) is 1.29. The van der Waals surface area contributed by atoms with Crippen molar-refractivity contribution < 1.29 is 0 Å². The molecule has 0 aromatic heterocycles. The smallest absolute Gasteiger partial charge is 0.0236 e.